The summed E-state index contributed by atoms with van der Waals surface area (Å²) >= 11 is 1.27. The summed E-state index contributed by atoms with van der Waals surface area (Å²) in [6.07, 6.45) is 0. The van der Waals surface area contributed by atoms with Gasteiger partial charge in [0.2, 0.25) is 15.9 Å². The van der Waals surface area contributed by atoms with Crippen molar-refractivity contribution in [3.63, 3.8) is 0 Å². The molecule has 0 unspecified atom stereocenters. The molecule has 10 heteroatoms. The first-order chi connectivity index (χ1) is 12.7. The number of carbonyl (C=O) groups is 1. The number of hydrogen-bond acceptors (Lipinski definition) is 6. The predicted octanol–water partition coefficient (Wildman–Crippen LogP) is 2.19. The highest BCUT2D eigenvalue weighted by molar-refractivity contribution is 7.99. The van der Waals surface area contributed by atoms with Gasteiger partial charge in [0.05, 0.1) is 10.6 Å². The number of anilines is 1. The number of nitrogens with one attached hydrogen (secondary N) is 1. The van der Waals surface area contributed by atoms with Gasteiger partial charge in [0.1, 0.15) is 5.82 Å². The van der Waals surface area contributed by atoms with E-state index >= 15 is 0 Å². The summed E-state index contributed by atoms with van der Waals surface area (Å²) in [7, 11) is -1.76. The van der Waals surface area contributed by atoms with Gasteiger partial charge >= 0.3 is 0 Å². The Hall–Kier alpha value is -1.91. The Kier molecular flexibility index (Phi) is 7.01. The Morgan fingerprint density at radius 3 is 2.44 bits per heavy atom. The van der Waals surface area contributed by atoms with Crippen LogP contribution in [0.1, 0.15) is 25.2 Å². The molecule has 0 aliphatic rings. The Morgan fingerprint density at radius 1 is 1.22 bits per heavy atom. The molecule has 0 bridgehead atoms. The summed E-state index contributed by atoms with van der Waals surface area (Å²) in [6, 6.07) is 4.91. The molecule has 1 N–H and O–H groups in total. The molecule has 0 aliphatic carbocycles. The molecule has 148 valence electrons. The molecule has 1 aromatic carbocycles. The van der Waals surface area contributed by atoms with E-state index in [1.54, 1.807) is 37.5 Å². The molecule has 8 nitrogen and oxygen atoms in total. The SMILES string of the molecule is CCN(CC)S(=O)(=O)c1cc(NC(=O)CSc2nnc(C)n2C)ccc1C. The fourth-order valence-electron chi connectivity index (χ4n) is 2.50. The fraction of sp³-hybridized carbons (Fsp3) is 0.471. The standard InChI is InChI=1S/C17H25N5O3S2/c1-6-22(7-2)27(24,25)15-10-14(9-8-12(15)3)18-16(23)11-26-17-20-19-13(4)21(17)5/h8-10H,6-7,11H2,1-5H3,(H,18,23). The molecule has 27 heavy (non-hydrogen) atoms. The average molecular weight is 412 g/mol. The number of thioether (sulfide) groups is 1. The molecule has 1 aromatic heterocycles. The third-order valence-electron chi connectivity index (χ3n) is 4.18. The van der Waals surface area contributed by atoms with Crippen LogP contribution in [0.25, 0.3) is 0 Å². The van der Waals surface area contributed by atoms with Crippen molar-refractivity contribution in [2.75, 3.05) is 24.2 Å². The third-order valence-corrected chi connectivity index (χ3v) is 7.39. The minimum absolute atomic E-state index is 0.151. The second-order valence-corrected chi connectivity index (χ2v) is 8.84. The van der Waals surface area contributed by atoms with Gasteiger partial charge < -0.3 is 9.88 Å². The maximum absolute atomic E-state index is 12.8. The van der Waals surface area contributed by atoms with E-state index in [-0.39, 0.29) is 16.6 Å². The van der Waals surface area contributed by atoms with Crippen molar-refractivity contribution in [2.45, 2.75) is 37.7 Å². The van der Waals surface area contributed by atoms with Crippen LogP contribution < -0.4 is 5.32 Å². The number of carbonyl (C=O) groups excluding carboxylic acids is 1. The second kappa shape index (κ2) is 8.85. The lowest BCUT2D eigenvalue weighted by atomic mass is 10.2. The Morgan fingerprint density at radius 2 is 1.89 bits per heavy atom. The highest BCUT2D eigenvalue weighted by Gasteiger charge is 2.24. The van der Waals surface area contributed by atoms with Crippen LogP contribution in [0, 0.1) is 13.8 Å². The largest absolute Gasteiger partial charge is 0.325 e. The lowest BCUT2D eigenvalue weighted by Crippen LogP contribution is -2.31. The lowest BCUT2D eigenvalue weighted by Gasteiger charge is -2.20. The summed E-state index contributed by atoms with van der Waals surface area (Å²) < 4.78 is 28.8. The summed E-state index contributed by atoms with van der Waals surface area (Å²) in [5.41, 5.74) is 1.09. The number of sulfonamides is 1. The number of hydrogen-bond donors (Lipinski definition) is 1. The molecule has 1 amide bonds. The van der Waals surface area contributed by atoms with Crippen molar-refractivity contribution in [1.29, 1.82) is 0 Å². The summed E-state index contributed by atoms with van der Waals surface area (Å²) in [5, 5.41) is 11.4. The van der Waals surface area contributed by atoms with Crippen molar-refractivity contribution in [3.05, 3.63) is 29.6 Å². The first kappa shape index (κ1) is 21.4. The maximum Gasteiger partial charge on any atom is 0.243 e. The van der Waals surface area contributed by atoms with Crippen molar-refractivity contribution in [3.8, 4) is 0 Å². The zero-order valence-electron chi connectivity index (χ0n) is 16.2. The molecule has 0 radical (unpaired) electrons. The van der Waals surface area contributed by atoms with Crippen LogP contribution in [0.2, 0.25) is 0 Å². The van der Waals surface area contributed by atoms with Crippen LogP contribution in [0.4, 0.5) is 5.69 Å². The van der Waals surface area contributed by atoms with Crippen LogP contribution in [0.3, 0.4) is 0 Å². The normalized spacial score (nSPS) is 11.8. The van der Waals surface area contributed by atoms with E-state index in [0.29, 0.717) is 29.5 Å². The smallest absolute Gasteiger partial charge is 0.243 e. The molecule has 0 aliphatic heterocycles. The zero-order chi connectivity index (χ0) is 20.2. The number of benzene rings is 1. The molecule has 2 rings (SSSR count). The second-order valence-electron chi connectivity index (χ2n) is 6.00. The van der Waals surface area contributed by atoms with Gasteiger partial charge in [-0.25, -0.2) is 8.42 Å². The molecule has 0 fully saturated rings. The van der Waals surface area contributed by atoms with Gasteiger partial charge in [-0.1, -0.05) is 31.7 Å². The van der Waals surface area contributed by atoms with Crippen molar-refractivity contribution in [2.24, 2.45) is 7.05 Å². The van der Waals surface area contributed by atoms with Gasteiger partial charge in [0, 0.05) is 25.8 Å². The van der Waals surface area contributed by atoms with E-state index in [2.05, 4.69) is 15.5 Å². The highest BCUT2D eigenvalue weighted by Crippen LogP contribution is 2.24. The van der Waals surface area contributed by atoms with Crippen molar-refractivity contribution >= 4 is 33.4 Å². The molecule has 2 aromatic rings. The molecule has 0 atom stereocenters. The van der Waals surface area contributed by atoms with Crippen molar-refractivity contribution < 1.29 is 13.2 Å². The van der Waals surface area contributed by atoms with Gasteiger partial charge in [0.15, 0.2) is 5.16 Å². The third kappa shape index (κ3) is 4.88. The highest BCUT2D eigenvalue weighted by atomic mass is 32.2. The Bertz CT molecular complexity index is 921. The van der Waals surface area contributed by atoms with Crippen LogP contribution in [-0.2, 0) is 21.9 Å². The average Bonchev–Trinajstić information content (AvgIpc) is 2.94. The molecular formula is C17H25N5O3S2. The van der Waals surface area contributed by atoms with Gasteiger partial charge in [-0.05, 0) is 31.5 Å². The minimum Gasteiger partial charge on any atom is -0.325 e. The molecule has 0 saturated heterocycles. The molecule has 0 spiro atoms. The number of aryl methyl sites for hydroxylation is 2. The van der Waals surface area contributed by atoms with Crippen molar-refractivity contribution in [1.82, 2.24) is 19.1 Å². The molecule has 1 heterocycles. The van der Waals surface area contributed by atoms with Crippen LogP contribution in [0.15, 0.2) is 28.3 Å². The Labute approximate surface area is 164 Å². The summed E-state index contributed by atoms with van der Waals surface area (Å²) in [5.74, 6) is 0.677. The van der Waals surface area contributed by atoms with E-state index in [9.17, 15) is 13.2 Å². The number of nitrogens with zero attached hydrogens (tertiary/aromatic N) is 4. The summed E-state index contributed by atoms with van der Waals surface area (Å²) in [4.78, 5) is 12.5. The number of aromatic nitrogens is 3. The van der Waals surface area contributed by atoms with Gasteiger partial charge in [0.25, 0.3) is 0 Å². The monoisotopic (exact) mass is 411 g/mol. The van der Waals surface area contributed by atoms with Crippen LogP contribution in [0.5, 0.6) is 0 Å². The first-order valence-electron chi connectivity index (χ1n) is 8.60. The quantitative estimate of drug-likeness (QED) is 0.669. The minimum atomic E-state index is -3.59. The van der Waals surface area contributed by atoms with E-state index in [1.807, 2.05) is 14.0 Å². The maximum atomic E-state index is 12.8. The van der Waals surface area contributed by atoms with E-state index in [0.717, 1.165) is 5.82 Å². The number of amides is 1. The molecule has 0 saturated carbocycles. The van der Waals surface area contributed by atoms with Crippen LogP contribution in [-0.4, -0.2) is 52.2 Å². The molecular weight excluding hydrogens is 386 g/mol. The van der Waals surface area contributed by atoms with E-state index < -0.39 is 10.0 Å². The zero-order valence-corrected chi connectivity index (χ0v) is 17.8. The van der Waals surface area contributed by atoms with Crippen LogP contribution >= 0.6 is 11.8 Å². The van der Waals surface area contributed by atoms with E-state index in [4.69, 9.17) is 0 Å². The topological polar surface area (TPSA) is 97.2 Å². The number of rotatable bonds is 8. The van der Waals surface area contributed by atoms with Gasteiger partial charge in [-0.2, -0.15) is 4.31 Å². The predicted molar refractivity (Wildman–Crippen MR) is 106 cm³/mol. The Balaban J connectivity index is 2.13. The van der Waals surface area contributed by atoms with Gasteiger partial charge in [-0.15, -0.1) is 10.2 Å². The lowest BCUT2D eigenvalue weighted by molar-refractivity contribution is -0.113. The van der Waals surface area contributed by atoms with E-state index in [1.165, 1.54) is 22.1 Å². The summed E-state index contributed by atoms with van der Waals surface area (Å²) in [6.45, 7) is 7.96. The first-order valence-corrected chi connectivity index (χ1v) is 11.0. The fourth-order valence-corrected chi connectivity index (χ4v) is 4.96. The van der Waals surface area contributed by atoms with Gasteiger partial charge in [-0.3, -0.25) is 4.79 Å².